The van der Waals surface area contributed by atoms with Crippen LogP contribution in [0.25, 0.3) is 0 Å². The maximum atomic E-state index is 12.5. The van der Waals surface area contributed by atoms with Gasteiger partial charge in [-0.05, 0) is 37.1 Å². The van der Waals surface area contributed by atoms with Crippen molar-refractivity contribution in [3.05, 3.63) is 41.6 Å². The van der Waals surface area contributed by atoms with Crippen LogP contribution in [0.4, 0.5) is 4.39 Å². The molecule has 1 heteroatoms. The van der Waals surface area contributed by atoms with Gasteiger partial charge < -0.3 is 0 Å². The molecular weight excluding hydrogens is 127 g/mol. The van der Waals surface area contributed by atoms with Crippen molar-refractivity contribution in [2.24, 2.45) is 0 Å². The molecule has 0 nitrogen and oxygen atoms in total. The van der Waals surface area contributed by atoms with Gasteiger partial charge in [-0.1, -0.05) is 5.92 Å². The van der Waals surface area contributed by atoms with Gasteiger partial charge in [-0.25, -0.2) is 4.39 Å². The summed E-state index contributed by atoms with van der Waals surface area (Å²) in [5, 5.41) is 0. The van der Waals surface area contributed by atoms with E-state index in [4.69, 9.17) is 6.42 Å². The molecule has 0 fully saturated rings. The Labute approximate surface area is 59.7 Å². The molecule has 0 saturated heterocycles. The highest BCUT2D eigenvalue weighted by Crippen LogP contribution is 2.06. The minimum atomic E-state index is -0.310. The van der Waals surface area contributed by atoms with Crippen LogP contribution in [0.2, 0.25) is 0 Å². The lowest BCUT2D eigenvalue weighted by atomic mass is 10.1. The monoisotopic (exact) mass is 133 g/mol. The minimum absolute atomic E-state index is 0.310. The summed E-state index contributed by atoms with van der Waals surface area (Å²) >= 11 is 0. The third-order valence-corrected chi connectivity index (χ3v) is 1.19. The van der Waals surface area contributed by atoms with Crippen LogP contribution in [-0.2, 0) is 0 Å². The van der Waals surface area contributed by atoms with Crippen molar-refractivity contribution >= 4 is 0 Å². The van der Waals surface area contributed by atoms with Crippen LogP contribution in [0, 0.1) is 25.1 Å². The number of aryl methyl sites for hydroxylation is 1. The average Bonchev–Trinajstić information content (AvgIpc) is 1.85. The standard InChI is InChI=1S/C9H6F/c1-3-8-4-7(2)5-9(10)6-8/h4-6H,2H3. The first-order chi connectivity index (χ1) is 4.72. The summed E-state index contributed by atoms with van der Waals surface area (Å²) in [5.41, 5.74) is 1.30. The van der Waals surface area contributed by atoms with Gasteiger partial charge in [-0.2, -0.15) is 0 Å². The molecule has 0 aliphatic heterocycles. The molecule has 1 radical (unpaired) electrons. The number of halogens is 1. The van der Waals surface area contributed by atoms with E-state index < -0.39 is 0 Å². The van der Waals surface area contributed by atoms with Gasteiger partial charge in [-0.3, -0.25) is 0 Å². The second kappa shape index (κ2) is 2.53. The van der Waals surface area contributed by atoms with Crippen LogP contribution >= 0.6 is 0 Å². The maximum Gasteiger partial charge on any atom is 0.124 e. The molecule has 0 N–H and O–H groups in total. The van der Waals surface area contributed by atoms with Crippen molar-refractivity contribution in [3.8, 4) is 5.92 Å². The van der Waals surface area contributed by atoms with Gasteiger partial charge >= 0.3 is 0 Å². The molecule has 0 unspecified atom stereocenters. The zero-order valence-electron chi connectivity index (χ0n) is 5.61. The molecule has 0 amide bonds. The zero-order chi connectivity index (χ0) is 7.56. The van der Waals surface area contributed by atoms with E-state index in [1.807, 2.05) is 0 Å². The Hall–Kier alpha value is -1.29. The van der Waals surface area contributed by atoms with Crippen LogP contribution in [0.5, 0.6) is 0 Å². The summed E-state index contributed by atoms with van der Waals surface area (Å²) in [6.07, 6.45) is 6.72. The lowest BCUT2D eigenvalue weighted by molar-refractivity contribution is 0.626. The highest BCUT2D eigenvalue weighted by Gasteiger charge is 1.93. The van der Waals surface area contributed by atoms with Crippen LogP contribution in [0.3, 0.4) is 0 Å². The molecule has 0 aliphatic rings. The van der Waals surface area contributed by atoms with Gasteiger partial charge in [0.05, 0.1) is 0 Å². The predicted molar refractivity (Wildman–Crippen MR) is 37.4 cm³/mol. The number of hydrogen-bond acceptors (Lipinski definition) is 0. The van der Waals surface area contributed by atoms with E-state index in [0.29, 0.717) is 5.56 Å². The Bertz CT molecular complexity index is 261. The van der Waals surface area contributed by atoms with E-state index in [9.17, 15) is 4.39 Å². The molecule has 0 bridgehead atoms. The smallest absolute Gasteiger partial charge is 0.124 e. The van der Waals surface area contributed by atoms with E-state index in [1.54, 1.807) is 13.0 Å². The summed E-state index contributed by atoms with van der Waals surface area (Å²) in [5.74, 6) is 1.81. The topological polar surface area (TPSA) is 0 Å². The molecule has 0 spiro atoms. The molecule has 1 aromatic carbocycles. The summed E-state index contributed by atoms with van der Waals surface area (Å²) in [7, 11) is 0. The normalized spacial score (nSPS) is 8.90. The average molecular weight is 133 g/mol. The highest BCUT2D eigenvalue weighted by molar-refractivity contribution is 5.33. The van der Waals surface area contributed by atoms with Gasteiger partial charge in [0.2, 0.25) is 0 Å². The Balaban J connectivity index is 3.22. The summed E-state index contributed by atoms with van der Waals surface area (Å²) in [6.45, 7) is 1.78. The molecule has 0 aliphatic carbocycles. The first kappa shape index (κ1) is 6.82. The molecule has 49 valence electrons. The lowest BCUT2D eigenvalue weighted by Crippen LogP contribution is -1.80. The van der Waals surface area contributed by atoms with Crippen molar-refractivity contribution < 1.29 is 4.39 Å². The molecule has 0 aromatic heterocycles. The first-order valence-corrected chi connectivity index (χ1v) is 2.92. The lowest BCUT2D eigenvalue weighted by Gasteiger charge is -1.93. The van der Waals surface area contributed by atoms with Gasteiger partial charge in [0.15, 0.2) is 0 Å². The molecule has 0 atom stereocenters. The van der Waals surface area contributed by atoms with Crippen molar-refractivity contribution in [2.45, 2.75) is 6.92 Å². The number of benzene rings is 1. The first-order valence-electron chi connectivity index (χ1n) is 2.92. The van der Waals surface area contributed by atoms with E-state index in [-0.39, 0.29) is 5.82 Å². The second-order valence-electron chi connectivity index (χ2n) is 2.14. The highest BCUT2D eigenvalue weighted by atomic mass is 19.1. The Morgan fingerprint density at radius 3 is 2.60 bits per heavy atom. The van der Waals surface area contributed by atoms with Gasteiger partial charge in [0.25, 0.3) is 0 Å². The Kier molecular flexibility index (Phi) is 1.73. The molecule has 0 saturated carbocycles. The number of rotatable bonds is 0. The largest absolute Gasteiger partial charge is 0.207 e. The quantitative estimate of drug-likeness (QED) is 0.475. The zero-order valence-corrected chi connectivity index (χ0v) is 5.61. The van der Waals surface area contributed by atoms with Crippen molar-refractivity contribution in [3.63, 3.8) is 0 Å². The van der Waals surface area contributed by atoms with Crippen LogP contribution in [-0.4, -0.2) is 0 Å². The number of hydrogen-bond donors (Lipinski definition) is 0. The molecule has 0 heterocycles. The minimum Gasteiger partial charge on any atom is -0.207 e. The summed E-state index contributed by atoms with van der Waals surface area (Å²) in [6, 6.07) is 4.40. The molecule has 10 heavy (non-hydrogen) atoms. The van der Waals surface area contributed by atoms with Gasteiger partial charge in [-0.15, -0.1) is 0 Å². The fourth-order valence-corrected chi connectivity index (χ4v) is 0.809. The van der Waals surface area contributed by atoms with E-state index >= 15 is 0 Å². The predicted octanol–water partition coefficient (Wildman–Crippen LogP) is 2.07. The van der Waals surface area contributed by atoms with E-state index in [1.165, 1.54) is 12.1 Å². The Morgan fingerprint density at radius 2 is 2.10 bits per heavy atom. The van der Waals surface area contributed by atoms with Crippen molar-refractivity contribution in [1.29, 1.82) is 0 Å². The third kappa shape index (κ3) is 1.35. The maximum absolute atomic E-state index is 12.5. The SMILES string of the molecule is [C]#Cc1cc(C)cc(F)c1. The summed E-state index contributed by atoms with van der Waals surface area (Å²) < 4.78 is 12.5. The fourth-order valence-electron chi connectivity index (χ4n) is 0.809. The molecule has 1 rings (SSSR count). The van der Waals surface area contributed by atoms with Gasteiger partial charge in [0, 0.05) is 5.56 Å². The second-order valence-corrected chi connectivity index (χ2v) is 2.14. The van der Waals surface area contributed by atoms with E-state index in [0.717, 1.165) is 5.56 Å². The van der Waals surface area contributed by atoms with E-state index in [2.05, 4.69) is 5.92 Å². The summed E-state index contributed by atoms with van der Waals surface area (Å²) in [4.78, 5) is 0. The van der Waals surface area contributed by atoms with Crippen LogP contribution < -0.4 is 0 Å². The van der Waals surface area contributed by atoms with Crippen LogP contribution in [0.1, 0.15) is 11.1 Å². The Morgan fingerprint density at radius 1 is 1.40 bits per heavy atom. The van der Waals surface area contributed by atoms with Crippen molar-refractivity contribution in [2.75, 3.05) is 0 Å². The van der Waals surface area contributed by atoms with Gasteiger partial charge in [0.1, 0.15) is 5.82 Å². The molecule has 1 aromatic rings. The fraction of sp³-hybridized carbons (Fsp3) is 0.111. The van der Waals surface area contributed by atoms with Crippen LogP contribution in [0.15, 0.2) is 18.2 Å². The molecular formula is C9H6F. The third-order valence-electron chi connectivity index (χ3n) is 1.19. The van der Waals surface area contributed by atoms with Crippen molar-refractivity contribution in [1.82, 2.24) is 0 Å².